The number of hydrogen-bond donors (Lipinski definition) is 3. The Kier molecular flexibility index (Phi) is 10.00. The summed E-state index contributed by atoms with van der Waals surface area (Å²) in [6.07, 6.45) is 5.04. The van der Waals surface area contributed by atoms with Crippen molar-refractivity contribution in [3.63, 3.8) is 0 Å². The van der Waals surface area contributed by atoms with E-state index in [0.29, 0.717) is 41.5 Å². The van der Waals surface area contributed by atoms with E-state index in [9.17, 15) is 24.9 Å². The highest BCUT2D eigenvalue weighted by molar-refractivity contribution is 14.1. The molecule has 198 valence electrons. The minimum atomic E-state index is -0.800. The van der Waals surface area contributed by atoms with Gasteiger partial charge in [-0.05, 0) is 84.9 Å². The maximum Gasteiger partial charge on any atom is 0.233 e. The Morgan fingerprint density at radius 2 is 1.97 bits per heavy atom. The number of hydrogen-bond acceptors (Lipinski definition) is 6. The van der Waals surface area contributed by atoms with Gasteiger partial charge in [-0.15, -0.1) is 0 Å². The van der Waals surface area contributed by atoms with Gasteiger partial charge in [-0.1, -0.05) is 37.5 Å². The highest BCUT2D eigenvalue weighted by Crippen LogP contribution is 2.47. The van der Waals surface area contributed by atoms with Crippen LogP contribution in [-0.2, 0) is 9.59 Å². The van der Waals surface area contributed by atoms with Crippen LogP contribution < -0.4 is 4.74 Å². The third-order valence-electron chi connectivity index (χ3n) is 7.33. The van der Waals surface area contributed by atoms with E-state index in [1.165, 1.54) is 12.0 Å². The lowest BCUT2D eigenvalue weighted by atomic mass is 9.67. The topological polar surface area (TPSA) is 107 Å². The van der Waals surface area contributed by atoms with E-state index in [0.717, 1.165) is 35.1 Å². The van der Waals surface area contributed by atoms with Crippen molar-refractivity contribution in [2.45, 2.75) is 65.4 Å². The molecular weight excluding hydrogens is 573 g/mol. The molecule has 36 heavy (non-hydrogen) atoms. The molecule has 0 radical (unpaired) electrons. The van der Waals surface area contributed by atoms with Crippen molar-refractivity contribution in [1.82, 2.24) is 4.90 Å². The van der Waals surface area contributed by atoms with Crippen LogP contribution in [0.15, 0.2) is 28.9 Å². The number of aromatic hydroxyl groups is 1. The zero-order chi connectivity index (χ0) is 26.6. The van der Waals surface area contributed by atoms with E-state index in [1.54, 1.807) is 6.07 Å². The maximum absolute atomic E-state index is 13.2. The standard InChI is InChI=1S/C28H38INO6/c1-5-7-18-14-19-25(28(35)30(10-6-2)27(19)34)20(15-31)24(18)22(32)9-8-16(3)11-17-12-21(29)26(33)23(13-17)36-4/h11-13,19-20,22,25,31-33H,5-10,14-15H2,1-4H3/b16-11+/t19-,20+,22-,25-/m1/s1. The number of rotatable bonds is 11. The smallest absolute Gasteiger partial charge is 0.233 e. The Hall–Kier alpha value is -1.91. The van der Waals surface area contributed by atoms with Crippen LogP contribution >= 0.6 is 22.6 Å². The highest BCUT2D eigenvalue weighted by Gasteiger charge is 2.54. The highest BCUT2D eigenvalue weighted by atomic mass is 127. The molecule has 1 aromatic carbocycles. The van der Waals surface area contributed by atoms with Crippen LogP contribution in [-0.4, -0.2) is 58.4 Å². The van der Waals surface area contributed by atoms with Gasteiger partial charge in [-0.25, -0.2) is 0 Å². The van der Waals surface area contributed by atoms with Crippen LogP contribution in [0, 0.1) is 21.3 Å². The second kappa shape index (κ2) is 12.6. The minimum absolute atomic E-state index is 0.113. The van der Waals surface area contributed by atoms with Gasteiger partial charge in [-0.3, -0.25) is 14.5 Å². The van der Waals surface area contributed by atoms with E-state index in [4.69, 9.17) is 4.74 Å². The molecule has 2 amide bonds. The summed E-state index contributed by atoms with van der Waals surface area (Å²) >= 11 is 2.06. The maximum atomic E-state index is 13.2. The molecule has 2 aliphatic rings. The summed E-state index contributed by atoms with van der Waals surface area (Å²) in [5, 5.41) is 31.8. The number of methoxy groups -OCH3 is 1. The van der Waals surface area contributed by atoms with Crippen LogP contribution in [0.1, 0.15) is 64.9 Å². The molecule has 0 saturated carbocycles. The van der Waals surface area contributed by atoms with Gasteiger partial charge < -0.3 is 20.1 Å². The Morgan fingerprint density at radius 3 is 2.58 bits per heavy atom. The Labute approximate surface area is 227 Å². The van der Waals surface area contributed by atoms with E-state index >= 15 is 0 Å². The third kappa shape index (κ3) is 5.81. The number of imide groups is 1. The normalized spacial score (nSPS) is 23.4. The molecule has 0 unspecified atom stereocenters. The summed E-state index contributed by atoms with van der Waals surface area (Å²) in [7, 11) is 1.51. The molecule has 8 heteroatoms. The number of fused-ring (bicyclic) bond motifs is 1. The summed E-state index contributed by atoms with van der Waals surface area (Å²) < 4.78 is 5.94. The predicted octanol–water partition coefficient (Wildman–Crippen LogP) is 4.67. The van der Waals surface area contributed by atoms with Gasteiger partial charge in [-0.2, -0.15) is 0 Å². The zero-order valence-electron chi connectivity index (χ0n) is 21.6. The number of amides is 2. The van der Waals surface area contributed by atoms with Crippen molar-refractivity contribution in [2.24, 2.45) is 17.8 Å². The fourth-order valence-electron chi connectivity index (χ4n) is 5.72. The summed E-state index contributed by atoms with van der Waals surface area (Å²) in [6.45, 7) is 6.12. The van der Waals surface area contributed by atoms with Crippen LogP contribution in [0.25, 0.3) is 6.08 Å². The fraction of sp³-hybridized carbons (Fsp3) is 0.571. The van der Waals surface area contributed by atoms with Gasteiger partial charge in [0, 0.05) is 12.5 Å². The molecule has 1 fully saturated rings. The van der Waals surface area contributed by atoms with Crippen LogP contribution in [0.4, 0.5) is 0 Å². The number of carbonyl (C=O) groups is 2. The predicted molar refractivity (Wildman–Crippen MR) is 147 cm³/mol. The Bertz CT molecular complexity index is 1050. The SMILES string of the molecule is CCCC1=C([C@H](O)CC/C(C)=C/c2cc(I)c(O)c(OC)c2)[C@H](CO)[C@@H]2C(=O)N(CCC)C(=O)[C@@H]2C1. The molecule has 1 aromatic rings. The second-order valence-electron chi connectivity index (χ2n) is 9.86. The first-order valence-electron chi connectivity index (χ1n) is 12.8. The Balaban J connectivity index is 1.83. The van der Waals surface area contributed by atoms with Crippen molar-refractivity contribution in [3.05, 3.63) is 38.0 Å². The monoisotopic (exact) mass is 611 g/mol. The number of benzene rings is 1. The van der Waals surface area contributed by atoms with Crippen molar-refractivity contribution < 1.29 is 29.6 Å². The quantitative estimate of drug-likeness (QED) is 0.191. The van der Waals surface area contributed by atoms with E-state index < -0.39 is 23.9 Å². The molecule has 1 aliphatic carbocycles. The summed E-state index contributed by atoms with van der Waals surface area (Å²) in [4.78, 5) is 27.5. The molecule has 1 saturated heterocycles. The number of allylic oxidation sites excluding steroid dienone is 2. The third-order valence-corrected chi connectivity index (χ3v) is 8.15. The minimum Gasteiger partial charge on any atom is -0.504 e. The lowest BCUT2D eigenvalue weighted by Crippen LogP contribution is -2.39. The lowest BCUT2D eigenvalue weighted by molar-refractivity contribution is -0.140. The summed E-state index contributed by atoms with van der Waals surface area (Å²) in [5.74, 6) is -1.39. The first kappa shape index (κ1) is 28.7. The second-order valence-corrected chi connectivity index (χ2v) is 11.0. The van der Waals surface area contributed by atoms with Gasteiger partial charge in [0.05, 0.1) is 35.2 Å². The summed E-state index contributed by atoms with van der Waals surface area (Å²) in [6, 6.07) is 3.64. The van der Waals surface area contributed by atoms with E-state index in [-0.39, 0.29) is 24.2 Å². The van der Waals surface area contributed by atoms with Crippen LogP contribution in [0.2, 0.25) is 0 Å². The van der Waals surface area contributed by atoms with Crippen molar-refractivity contribution in [2.75, 3.05) is 20.3 Å². The first-order valence-corrected chi connectivity index (χ1v) is 13.9. The van der Waals surface area contributed by atoms with Gasteiger partial charge >= 0.3 is 0 Å². The molecule has 0 bridgehead atoms. The lowest BCUT2D eigenvalue weighted by Gasteiger charge is -2.36. The first-order chi connectivity index (χ1) is 17.2. The average molecular weight is 612 g/mol. The number of ether oxygens (including phenoxy) is 1. The van der Waals surface area contributed by atoms with Gasteiger partial charge in [0.15, 0.2) is 11.5 Å². The van der Waals surface area contributed by atoms with Gasteiger partial charge in [0.25, 0.3) is 0 Å². The number of halogens is 1. The van der Waals surface area contributed by atoms with E-state index in [1.807, 2.05) is 26.0 Å². The van der Waals surface area contributed by atoms with Crippen LogP contribution in [0.3, 0.4) is 0 Å². The molecule has 0 aromatic heterocycles. The molecule has 3 N–H and O–H groups in total. The molecule has 7 nitrogen and oxygen atoms in total. The Morgan fingerprint density at radius 1 is 1.25 bits per heavy atom. The zero-order valence-corrected chi connectivity index (χ0v) is 23.7. The average Bonchev–Trinajstić information content (AvgIpc) is 3.08. The molecule has 1 aliphatic heterocycles. The van der Waals surface area contributed by atoms with Crippen molar-refractivity contribution in [3.8, 4) is 11.5 Å². The number of aliphatic hydroxyl groups is 2. The number of phenolic OH excluding ortho intramolecular Hbond substituents is 1. The van der Waals surface area contributed by atoms with Crippen molar-refractivity contribution >= 4 is 40.5 Å². The van der Waals surface area contributed by atoms with Gasteiger partial charge in [0.2, 0.25) is 11.8 Å². The molecule has 1 heterocycles. The van der Waals surface area contributed by atoms with Gasteiger partial charge in [0.1, 0.15) is 0 Å². The number of phenols is 1. The number of nitrogens with zero attached hydrogens (tertiary/aromatic N) is 1. The molecular formula is C28H38INO6. The number of likely N-dealkylation sites (tertiary alicyclic amines) is 1. The molecule has 3 rings (SSSR count). The molecule has 0 spiro atoms. The number of carbonyl (C=O) groups excluding carboxylic acids is 2. The fourth-order valence-corrected chi connectivity index (χ4v) is 6.34. The number of aliphatic hydroxyl groups excluding tert-OH is 2. The largest absolute Gasteiger partial charge is 0.504 e. The van der Waals surface area contributed by atoms with Crippen LogP contribution in [0.5, 0.6) is 11.5 Å². The molecule has 4 atom stereocenters. The van der Waals surface area contributed by atoms with Crippen molar-refractivity contribution in [1.29, 1.82) is 0 Å². The summed E-state index contributed by atoms with van der Waals surface area (Å²) in [5.41, 5.74) is 3.72. The van der Waals surface area contributed by atoms with E-state index in [2.05, 4.69) is 29.5 Å².